The van der Waals surface area contributed by atoms with E-state index >= 15 is 0 Å². The average molecular weight is 255 g/mol. The van der Waals surface area contributed by atoms with Crippen molar-refractivity contribution in [1.82, 2.24) is 0 Å². The van der Waals surface area contributed by atoms with Gasteiger partial charge in [0.15, 0.2) is 5.78 Å². The number of ketones is 2. The highest BCUT2D eigenvalue weighted by molar-refractivity contribution is 6.44. The van der Waals surface area contributed by atoms with Crippen molar-refractivity contribution in [3.05, 3.63) is 27.3 Å². The fourth-order valence-corrected chi connectivity index (χ4v) is 2.02. The Morgan fingerprint density at radius 2 is 1.59 bits per heavy atom. The molecule has 1 aromatic rings. The van der Waals surface area contributed by atoms with E-state index in [1.54, 1.807) is 6.92 Å². The van der Waals surface area contributed by atoms with Crippen LogP contribution in [-0.2, 0) is 4.79 Å². The fraction of sp³-hybridized carbons (Fsp3) is 0.385. The summed E-state index contributed by atoms with van der Waals surface area (Å²) in [5.74, 6) is -0.653. The molecule has 0 aliphatic carbocycles. The highest BCUT2D eigenvalue weighted by Gasteiger charge is 2.24. The molecule has 0 N–H and O–H groups in total. The molecule has 0 radical (unpaired) electrons. The van der Waals surface area contributed by atoms with Crippen LogP contribution >= 0.6 is 11.6 Å². The largest absolute Gasteiger partial charge is 0.496 e. The molecule has 0 heterocycles. The molecule has 0 fully saturated rings. The van der Waals surface area contributed by atoms with Gasteiger partial charge in [-0.15, -0.1) is 0 Å². The number of benzene rings is 1. The zero-order valence-corrected chi connectivity index (χ0v) is 11.4. The van der Waals surface area contributed by atoms with Crippen molar-refractivity contribution in [3.63, 3.8) is 0 Å². The van der Waals surface area contributed by atoms with Gasteiger partial charge in [0, 0.05) is 11.9 Å². The van der Waals surface area contributed by atoms with E-state index < -0.39 is 11.6 Å². The van der Waals surface area contributed by atoms with Gasteiger partial charge in [0.1, 0.15) is 5.75 Å². The van der Waals surface area contributed by atoms with Gasteiger partial charge in [-0.05, 0) is 37.5 Å². The third-order valence-corrected chi connectivity index (χ3v) is 3.48. The molecule has 0 aliphatic rings. The molecule has 1 rings (SSSR count). The van der Waals surface area contributed by atoms with Crippen molar-refractivity contribution in [1.29, 1.82) is 0 Å². The number of hydrogen-bond donors (Lipinski definition) is 0. The number of hydrogen-bond acceptors (Lipinski definition) is 3. The molecule has 0 spiro atoms. The first kappa shape index (κ1) is 13.7. The van der Waals surface area contributed by atoms with Gasteiger partial charge in [-0.25, -0.2) is 0 Å². The summed E-state index contributed by atoms with van der Waals surface area (Å²) in [5, 5.41) is 0.507. The third-order valence-electron chi connectivity index (χ3n) is 2.91. The predicted octanol–water partition coefficient (Wildman–Crippen LogP) is 3.05. The van der Waals surface area contributed by atoms with E-state index in [0.29, 0.717) is 16.3 Å². The lowest BCUT2D eigenvalue weighted by Crippen LogP contribution is -2.14. The second-order valence-electron chi connectivity index (χ2n) is 3.98. The topological polar surface area (TPSA) is 43.4 Å². The van der Waals surface area contributed by atoms with Crippen molar-refractivity contribution < 1.29 is 14.3 Å². The summed E-state index contributed by atoms with van der Waals surface area (Å²) in [6.45, 7) is 6.63. The first-order chi connectivity index (χ1) is 7.82. The van der Waals surface area contributed by atoms with Crippen molar-refractivity contribution in [2.75, 3.05) is 7.11 Å². The van der Waals surface area contributed by atoms with E-state index in [0.717, 1.165) is 11.1 Å². The summed E-state index contributed by atoms with van der Waals surface area (Å²) in [7, 11) is 1.48. The molecule has 0 unspecified atom stereocenters. The monoisotopic (exact) mass is 254 g/mol. The normalized spacial score (nSPS) is 10.2. The number of Topliss-reactive ketones (excluding diaryl/α,β-unsaturated/α-hetero) is 2. The number of ether oxygens (including phenoxy) is 1. The van der Waals surface area contributed by atoms with Crippen LogP contribution in [0.5, 0.6) is 5.75 Å². The molecule has 3 nitrogen and oxygen atoms in total. The summed E-state index contributed by atoms with van der Waals surface area (Å²) >= 11 is 6.15. The maximum absolute atomic E-state index is 11.9. The van der Waals surface area contributed by atoms with E-state index in [4.69, 9.17) is 16.3 Å². The van der Waals surface area contributed by atoms with Gasteiger partial charge in [0.05, 0.1) is 12.7 Å². The van der Waals surface area contributed by atoms with Gasteiger partial charge in [-0.2, -0.15) is 0 Å². The number of rotatable bonds is 3. The summed E-state index contributed by atoms with van der Waals surface area (Å²) in [6.07, 6.45) is 0. The van der Waals surface area contributed by atoms with Gasteiger partial charge in [0.2, 0.25) is 5.78 Å². The summed E-state index contributed by atoms with van der Waals surface area (Å²) < 4.78 is 5.23. The van der Waals surface area contributed by atoms with Crippen LogP contribution < -0.4 is 4.74 Å². The number of methoxy groups -OCH3 is 1. The van der Waals surface area contributed by atoms with E-state index in [1.165, 1.54) is 14.0 Å². The first-order valence-electron chi connectivity index (χ1n) is 5.21. The van der Waals surface area contributed by atoms with Gasteiger partial charge in [-0.3, -0.25) is 9.59 Å². The van der Waals surface area contributed by atoms with Crippen molar-refractivity contribution in [2.45, 2.75) is 27.7 Å². The maximum atomic E-state index is 11.9. The van der Waals surface area contributed by atoms with E-state index in [1.807, 2.05) is 13.8 Å². The van der Waals surface area contributed by atoms with E-state index in [2.05, 4.69) is 0 Å². The molecular formula is C13H15ClO3. The lowest BCUT2D eigenvalue weighted by molar-refractivity contribution is -0.113. The zero-order valence-electron chi connectivity index (χ0n) is 10.6. The lowest BCUT2D eigenvalue weighted by Gasteiger charge is -2.16. The zero-order chi connectivity index (χ0) is 13.3. The molecule has 17 heavy (non-hydrogen) atoms. The third kappa shape index (κ3) is 2.20. The van der Waals surface area contributed by atoms with Crippen LogP contribution in [0.4, 0.5) is 0 Å². The Hall–Kier alpha value is -1.35. The second-order valence-corrected chi connectivity index (χ2v) is 4.36. The van der Waals surface area contributed by atoms with Crippen molar-refractivity contribution in [2.24, 2.45) is 0 Å². The predicted molar refractivity (Wildman–Crippen MR) is 67.2 cm³/mol. The minimum absolute atomic E-state index is 0.271. The van der Waals surface area contributed by atoms with Crippen LogP contribution in [0.15, 0.2) is 0 Å². The lowest BCUT2D eigenvalue weighted by atomic mass is 9.95. The Morgan fingerprint density at radius 1 is 1.06 bits per heavy atom. The molecule has 0 atom stereocenters. The Labute approximate surface area is 106 Å². The van der Waals surface area contributed by atoms with Crippen molar-refractivity contribution >= 4 is 23.2 Å². The molecule has 92 valence electrons. The molecule has 0 saturated heterocycles. The molecular weight excluding hydrogens is 240 g/mol. The Morgan fingerprint density at radius 3 is 2.00 bits per heavy atom. The Balaban J connectivity index is 3.70. The maximum Gasteiger partial charge on any atom is 0.232 e. The number of halogens is 1. The highest BCUT2D eigenvalue weighted by atomic mass is 35.5. The molecule has 0 amide bonds. The van der Waals surface area contributed by atoms with Crippen LogP contribution in [0.2, 0.25) is 5.02 Å². The van der Waals surface area contributed by atoms with Crippen molar-refractivity contribution in [3.8, 4) is 5.75 Å². The second kappa shape index (κ2) is 4.88. The van der Waals surface area contributed by atoms with Gasteiger partial charge in [0.25, 0.3) is 0 Å². The molecule has 0 aromatic heterocycles. The molecule has 1 aromatic carbocycles. The van der Waals surface area contributed by atoms with Crippen LogP contribution in [0.25, 0.3) is 0 Å². The number of carbonyl (C=O) groups is 2. The van der Waals surface area contributed by atoms with Crippen LogP contribution in [-0.4, -0.2) is 18.7 Å². The minimum Gasteiger partial charge on any atom is -0.496 e. The van der Waals surface area contributed by atoms with E-state index in [9.17, 15) is 9.59 Å². The van der Waals surface area contributed by atoms with Gasteiger partial charge in [-0.1, -0.05) is 11.6 Å². The fourth-order valence-electron chi connectivity index (χ4n) is 1.79. The Bertz CT molecular complexity index is 504. The molecule has 0 bridgehead atoms. The van der Waals surface area contributed by atoms with Gasteiger partial charge < -0.3 is 4.74 Å². The average Bonchev–Trinajstić information content (AvgIpc) is 2.29. The summed E-state index contributed by atoms with van der Waals surface area (Å²) in [6, 6.07) is 0. The number of carbonyl (C=O) groups excluding carboxylic acids is 2. The standard InChI is InChI=1S/C13H15ClO3/c1-6-7(2)13(17-5)10(8(3)11(6)14)12(16)9(4)15/h1-5H3. The van der Waals surface area contributed by atoms with E-state index in [-0.39, 0.29) is 5.56 Å². The summed E-state index contributed by atoms with van der Waals surface area (Å²) in [4.78, 5) is 23.1. The quantitative estimate of drug-likeness (QED) is 0.615. The molecule has 4 heteroatoms. The van der Waals surface area contributed by atoms with Crippen LogP contribution in [0, 0.1) is 20.8 Å². The molecule has 0 aliphatic heterocycles. The molecule has 0 saturated carbocycles. The summed E-state index contributed by atoms with van der Waals surface area (Å²) in [5.41, 5.74) is 2.51. The SMILES string of the molecule is COc1c(C)c(C)c(Cl)c(C)c1C(=O)C(C)=O. The Kier molecular flexibility index (Phi) is 3.94. The van der Waals surface area contributed by atoms with Crippen LogP contribution in [0.1, 0.15) is 34.0 Å². The first-order valence-corrected chi connectivity index (χ1v) is 5.59. The highest BCUT2D eigenvalue weighted by Crippen LogP contribution is 2.36. The smallest absolute Gasteiger partial charge is 0.232 e. The minimum atomic E-state index is -0.565. The van der Waals surface area contributed by atoms with Gasteiger partial charge >= 0.3 is 0 Å². The van der Waals surface area contributed by atoms with Crippen LogP contribution in [0.3, 0.4) is 0 Å².